The van der Waals surface area contributed by atoms with E-state index in [0.717, 1.165) is 12.2 Å². The Morgan fingerprint density at radius 1 is 1.29 bits per heavy atom. The van der Waals surface area contributed by atoms with Crippen molar-refractivity contribution in [2.24, 2.45) is 0 Å². The highest BCUT2D eigenvalue weighted by Gasteiger charge is 2.10. The number of thiazole rings is 1. The van der Waals surface area contributed by atoms with Crippen molar-refractivity contribution >= 4 is 11.3 Å². The first kappa shape index (κ1) is 12.3. The van der Waals surface area contributed by atoms with E-state index in [1.54, 1.807) is 11.3 Å². The second-order valence-electron chi connectivity index (χ2n) is 4.40. The summed E-state index contributed by atoms with van der Waals surface area (Å²) >= 11 is 1.75. The number of likely N-dealkylation sites (N-methyl/N-ethyl adjacent to an activating group) is 1. The molecule has 3 heteroatoms. The Morgan fingerprint density at radius 3 is 2.65 bits per heavy atom. The fourth-order valence-electron chi connectivity index (χ4n) is 1.76. The van der Waals surface area contributed by atoms with Crippen LogP contribution in [0.1, 0.15) is 23.4 Å². The summed E-state index contributed by atoms with van der Waals surface area (Å²) in [6, 6.07) is 8.53. The third-order valence-electron chi connectivity index (χ3n) is 2.80. The highest BCUT2D eigenvalue weighted by atomic mass is 32.1. The SMILES string of the molecule is CNCC(C)c1nc(-c2ccc(C)cc2)cs1. The zero-order chi connectivity index (χ0) is 12.3. The third-order valence-corrected chi connectivity index (χ3v) is 3.88. The van der Waals surface area contributed by atoms with Gasteiger partial charge in [-0.15, -0.1) is 11.3 Å². The highest BCUT2D eigenvalue weighted by molar-refractivity contribution is 7.10. The van der Waals surface area contributed by atoms with Crippen LogP contribution in [0, 0.1) is 6.92 Å². The Kier molecular flexibility index (Phi) is 3.92. The lowest BCUT2D eigenvalue weighted by molar-refractivity contribution is 0.674. The van der Waals surface area contributed by atoms with Gasteiger partial charge in [-0.2, -0.15) is 0 Å². The van der Waals surface area contributed by atoms with Crippen LogP contribution in [-0.2, 0) is 0 Å². The number of nitrogens with zero attached hydrogens (tertiary/aromatic N) is 1. The third kappa shape index (κ3) is 2.93. The molecule has 1 N–H and O–H groups in total. The van der Waals surface area contributed by atoms with Crippen molar-refractivity contribution in [2.75, 3.05) is 13.6 Å². The maximum atomic E-state index is 4.71. The van der Waals surface area contributed by atoms with Crippen molar-refractivity contribution in [3.63, 3.8) is 0 Å². The van der Waals surface area contributed by atoms with Crippen molar-refractivity contribution in [2.45, 2.75) is 19.8 Å². The van der Waals surface area contributed by atoms with Crippen molar-refractivity contribution in [3.05, 3.63) is 40.2 Å². The van der Waals surface area contributed by atoms with Crippen LogP contribution in [0.15, 0.2) is 29.6 Å². The van der Waals surface area contributed by atoms with Gasteiger partial charge >= 0.3 is 0 Å². The number of rotatable bonds is 4. The first-order valence-corrected chi connectivity index (χ1v) is 6.75. The Balaban J connectivity index is 2.20. The summed E-state index contributed by atoms with van der Waals surface area (Å²) in [5, 5.41) is 6.54. The van der Waals surface area contributed by atoms with E-state index in [4.69, 9.17) is 4.98 Å². The van der Waals surface area contributed by atoms with Crippen LogP contribution in [0.3, 0.4) is 0 Å². The van der Waals surface area contributed by atoms with Gasteiger partial charge in [-0.1, -0.05) is 36.8 Å². The molecule has 1 heterocycles. The number of hydrogen-bond donors (Lipinski definition) is 1. The van der Waals surface area contributed by atoms with Gasteiger partial charge in [-0.3, -0.25) is 0 Å². The molecule has 0 aliphatic heterocycles. The number of aryl methyl sites for hydroxylation is 1. The Hall–Kier alpha value is -1.19. The summed E-state index contributed by atoms with van der Waals surface area (Å²) in [5.74, 6) is 0.476. The molecule has 1 atom stereocenters. The van der Waals surface area contributed by atoms with E-state index in [0.29, 0.717) is 5.92 Å². The molecule has 2 rings (SSSR count). The fourth-order valence-corrected chi connectivity index (χ4v) is 2.65. The van der Waals surface area contributed by atoms with E-state index in [1.807, 2.05) is 7.05 Å². The van der Waals surface area contributed by atoms with Gasteiger partial charge in [0.15, 0.2) is 0 Å². The summed E-state index contributed by atoms with van der Waals surface area (Å²) in [5.41, 5.74) is 3.58. The Labute approximate surface area is 107 Å². The topological polar surface area (TPSA) is 24.9 Å². The summed E-state index contributed by atoms with van der Waals surface area (Å²) in [7, 11) is 1.98. The summed E-state index contributed by atoms with van der Waals surface area (Å²) in [6.07, 6.45) is 0. The average Bonchev–Trinajstić information content (AvgIpc) is 2.80. The minimum atomic E-state index is 0.476. The van der Waals surface area contributed by atoms with Crippen LogP contribution < -0.4 is 5.32 Å². The van der Waals surface area contributed by atoms with E-state index in [9.17, 15) is 0 Å². The van der Waals surface area contributed by atoms with Crippen molar-refractivity contribution in [3.8, 4) is 11.3 Å². The van der Waals surface area contributed by atoms with Crippen LogP contribution in [0.4, 0.5) is 0 Å². The first-order chi connectivity index (χ1) is 8.20. The smallest absolute Gasteiger partial charge is 0.0973 e. The average molecular weight is 246 g/mol. The molecule has 0 saturated carbocycles. The number of aromatic nitrogens is 1. The van der Waals surface area contributed by atoms with Gasteiger partial charge in [0.1, 0.15) is 0 Å². The maximum absolute atomic E-state index is 4.71. The van der Waals surface area contributed by atoms with E-state index in [-0.39, 0.29) is 0 Å². The number of benzene rings is 1. The summed E-state index contributed by atoms with van der Waals surface area (Å²) in [4.78, 5) is 4.71. The fraction of sp³-hybridized carbons (Fsp3) is 0.357. The van der Waals surface area contributed by atoms with Gasteiger partial charge in [0.2, 0.25) is 0 Å². The summed E-state index contributed by atoms with van der Waals surface area (Å²) in [6.45, 7) is 5.28. The molecule has 0 saturated heterocycles. The monoisotopic (exact) mass is 246 g/mol. The van der Waals surface area contributed by atoms with Crippen LogP contribution in [-0.4, -0.2) is 18.6 Å². The van der Waals surface area contributed by atoms with E-state index < -0.39 is 0 Å². The van der Waals surface area contributed by atoms with E-state index >= 15 is 0 Å². The predicted molar refractivity (Wildman–Crippen MR) is 74.6 cm³/mol. The predicted octanol–water partition coefficient (Wildman–Crippen LogP) is 3.44. The standard InChI is InChI=1S/C14H18N2S/c1-10-4-6-12(7-5-10)13-9-17-14(16-13)11(2)8-15-3/h4-7,9,11,15H,8H2,1-3H3. The zero-order valence-electron chi connectivity index (χ0n) is 10.5. The van der Waals surface area contributed by atoms with Crippen molar-refractivity contribution in [1.29, 1.82) is 0 Å². The number of nitrogens with one attached hydrogen (secondary N) is 1. The molecule has 17 heavy (non-hydrogen) atoms. The summed E-state index contributed by atoms with van der Waals surface area (Å²) < 4.78 is 0. The van der Waals surface area contributed by atoms with Gasteiger partial charge in [0.05, 0.1) is 10.7 Å². The molecular formula is C14H18N2S. The molecule has 0 aliphatic carbocycles. The Morgan fingerprint density at radius 2 is 2.00 bits per heavy atom. The van der Waals surface area contributed by atoms with Gasteiger partial charge in [0, 0.05) is 23.4 Å². The van der Waals surface area contributed by atoms with E-state index in [2.05, 4.69) is 48.8 Å². The second-order valence-corrected chi connectivity index (χ2v) is 5.29. The quantitative estimate of drug-likeness (QED) is 0.894. The zero-order valence-corrected chi connectivity index (χ0v) is 11.3. The van der Waals surface area contributed by atoms with Crippen LogP contribution >= 0.6 is 11.3 Å². The Bertz CT molecular complexity index is 473. The molecule has 1 aromatic heterocycles. The molecule has 2 nitrogen and oxygen atoms in total. The molecule has 0 fully saturated rings. The normalized spacial score (nSPS) is 12.6. The maximum Gasteiger partial charge on any atom is 0.0973 e. The molecule has 0 spiro atoms. The molecule has 90 valence electrons. The lowest BCUT2D eigenvalue weighted by Gasteiger charge is -2.05. The van der Waals surface area contributed by atoms with Crippen molar-refractivity contribution < 1.29 is 0 Å². The molecule has 1 unspecified atom stereocenters. The second kappa shape index (κ2) is 5.43. The molecule has 1 aromatic carbocycles. The lowest BCUT2D eigenvalue weighted by atomic mass is 10.1. The van der Waals surface area contributed by atoms with Gasteiger partial charge in [-0.25, -0.2) is 4.98 Å². The largest absolute Gasteiger partial charge is 0.319 e. The highest BCUT2D eigenvalue weighted by Crippen LogP contribution is 2.26. The van der Waals surface area contributed by atoms with Gasteiger partial charge in [0.25, 0.3) is 0 Å². The molecule has 2 aromatic rings. The van der Waals surface area contributed by atoms with Gasteiger partial charge < -0.3 is 5.32 Å². The molecule has 0 aliphatic rings. The van der Waals surface area contributed by atoms with Crippen molar-refractivity contribution in [1.82, 2.24) is 10.3 Å². The molecule has 0 amide bonds. The van der Waals surface area contributed by atoms with E-state index in [1.165, 1.54) is 16.1 Å². The minimum Gasteiger partial charge on any atom is -0.319 e. The van der Waals surface area contributed by atoms with Crippen LogP contribution in [0.5, 0.6) is 0 Å². The first-order valence-electron chi connectivity index (χ1n) is 5.87. The minimum absolute atomic E-state index is 0.476. The van der Waals surface area contributed by atoms with Crippen LogP contribution in [0.25, 0.3) is 11.3 Å². The van der Waals surface area contributed by atoms with Crippen LogP contribution in [0.2, 0.25) is 0 Å². The molecule has 0 radical (unpaired) electrons. The lowest BCUT2D eigenvalue weighted by Crippen LogP contribution is -2.14. The van der Waals surface area contributed by atoms with Gasteiger partial charge in [-0.05, 0) is 14.0 Å². The molecular weight excluding hydrogens is 228 g/mol. The number of hydrogen-bond acceptors (Lipinski definition) is 3. The molecule has 0 bridgehead atoms.